The second-order valence-corrected chi connectivity index (χ2v) is 9.73. The van der Waals surface area contributed by atoms with Gasteiger partial charge in [-0.15, -0.1) is 0 Å². The summed E-state index contributed by atoms with van der Waals surface area (Å²) in [4.78, 5) is 39.4. The summed E-state index contributed by atoms with van der Waals surface area (Å²) >= 11 is 11.9. The number of hydrogen-bond donors (Lipinski definition) is 1. The van der Waals surface area contributed by atoms with Gasteiger partial charge in [-0.05, 0) is 83.4 Å². The molecule has 0 radical (unpaired) electrons. The van der Waals surface area contributed by atoms with Crippen molar-refractivity contribution in [2.45, 2.75) is 13.2 Å². The van der Waals surface area contributed by atoms with Gasteiger partial charge in [-0.25, -0.2) is 9.69 Å². The molecule has 0 aromatic heterocycles. The Labute approximate surface area is 240 Å². The molecule has 1 heterocycles. The van der Waals surface area contributed by atoms with E-state index in [-0.39, 0.29) is 5.57 Å². The van der Waals surface area contributed by atoms with E-state index in [0.717, 1.165) is 16.0 Å². The van der Waals surface area contributed by atoms with E-state index >= 15 is 0 Å². The van der Waals surface area contributed by atoms with E-state index in [0.29, 0.717) is 46.0 Å². The zero-order valence-corrected chi connectivity index (χ0v) is 22.5. The maximum Gasteiger partial charge on any atom is 0.335 e. The van der Waals surface area contributed by atoms with Gasteiger partial charge >= 0.3 is 6.03 Å². The first-order valence-electron chi connectivity index (χ1n) is 12.2. The number of ether oxygens (including phenoxy) is 2. The Balaban J connectivity index is 1.29. The number of urea groups is 1. The highest BCUT2D eigenvalue weighted by Gasteiger charge is 2.36. The minimum absolute atomic E-state index is 0.186. The monoisotopic (exact) mass is 572 g/mol. The topological polar surface area (TPSA) is 84.9 Å². The number of nitrogens with one attached hydrogen (secondary N) is 1. The van der Waals surface area contributed by atoms with Crippen LogP contribution in [0.4, 0.5) is 10.5 Å². The lowest BCUT2D eigenvalue weighted by atomic mass is 10.1. The molecule has 0 bridgehead atoms. The van der Waals surface area contributed by atoms with Crippen molar-refractivity contribution < 1.29 is 23.9 Å². The average molecular weight is 573 g/mol. The summed E-state index contributed by atoms with van der Waals surface area (Å²) in [6, 6.07) is 27.2. The fraction of sp³-hybridized carbons (Fsp3) is 0.0645. The Hall–Kier alpha value is -4.59. The molecule has 7 nitrogen and oxygen atoms in total. The van der Waals surface area contributed by atoms with E-state index in [1.807, 2.05) is 30.3 Å². The van der Waals surface area contributed by atoms with E-state index in [1.54, 1.807) is 66.7 Å². The molecule has 1 aliphatic rings. The molecular formula is C31H22Cl2N2O5. The molecule has 0 aliphatic carbocycles. The standard InChI is InChI=1S/C31H22Cl2N2O5/c32-23-9-7-20(8-10-23)18-39-26-13-11-25(12-14-26)35-30(37)28(29(36)34-31(35)38)17-21-3-2-6-27(16-21)40-19-22-4-1-5-24(33)15-22/h1-17H,18-19H2,(H,34,36,38)/b28-17-. The van der Waals surface area contributed by atoms with Gasteiger partial charge < -0.3 is 9.47 Å². The highest BCUT2D eigenvalue weighted by atomic mass is 35.5. The SMILES string of the molecule is O=C1NC(=O)N(c2ccc(OCc3ccc(Cl)cc3)cc2)C(=O)/C1=C\c1cccc(OCc2cccc(Cl)c2)c1. The van der Waals surface area contributed by atoms with Gasteiger partial charge in [-0.1, -0.05) is 59.6 Å². The first-order chi connectivity index (χ1) is 19.4. The second-order valence-electron chi connectivity index (χ2n) is 8.86. The number of benzene rings is 4. The fourth-order valence-electron chi connectivity index (χ4n) is 3.98. The molecule has 200 valence electrons. The third kappa shape index (κ3) is 6.51. The zero-order chi connectivity index (χ0) is 28.1. The average Bonchev–Trinajstić information content (AvgIpc) is 2.95. The van der Waals surface area contributed by atoms with Crippen LogP contribution in [0, 0.1) is 0 Å². The molecule has 1 N–H and O–H groups in total. The predicted molar refractivity (Wildman–Crippen MR) is 153 cm³/mol. The lowest BCUT2D eigenvalue weighted by Crippen LogP contribution is -2.54. The number of amides is 4. The van der Waals surface area contributed by atoms with Gasteiger partial charge in [0, 0.05) is 10.0 Å². The molecule has 1 saturated heterocycles. The second kappa shape index (κ2) is 12.1. The van der Waals surface area contributed by atoms with E-state index in [4.69, 9.17) is 32.7 Å². The molecule has 4 aromatic carbocycles. The van der Waals surface area contributed by atoms with Crippen molar-refractivity contribution in [1.29, 1.82) is 0 Å². The van der Waals surface area contributed by atoms with Gasteiger partial charge in [0.2, 0.25) is 0 Å². The predicted octanol–water partition coefficient (Wildman–Crippen LogP) is 6.82. The summed E-state index contributed by atoms with van der Waals surface area (Å²) in [7, 11) is 0. The van der Waals surface area contributed by atoms with Crippen molar-refractivity contribution in [2.75, 3.05) is 4.90 Å². The van der Waals surface area contributed by atoms with Crippen LogP contribution < -0.4 is 19.7 Å². The Kier molecular flexibility index (Phi) is 8.15. The molecule has 4 aromatic rings. The summed E-state index contributed by atoms with van der Waals surface area (Å²) in [6.07, 6.45) is 1.42. The number of hydrogen-bond acceptors (Lipinski definition) is 5. The molecule has 40 heavy (non-hydrogen) atoms. The maximum atomic E-state index is 13.3. The van der Waals surface area contributed by atoms with Crippen molar-refractivity contribution in [3.63, 3.8) is 0 Å². The first-order valence-corrected chi connectivity index (χ1v) is 13.0. The summed E-state index contributed by atoms with van der Waals surface area (Å²) in [6.45, 7) is 0.616. The Morgan fingerprint density at radius 2 is 1.40 bits per heavy atom. The summed E-state index contributed by atoms with van der Waals surface area (Å²) in [5.41, 5.74) is 2.50. The number of anilines is 1. The smallest absolute Gasteiger partial charge is 0.335 e. The van der Waals surface area contributed by atoms with Crippen LogP contribution in [0.1, 0.15) is 16.7 Å². The summed E-state index contributed by atoms with van der Waals surface area (Å²) < 4.78 is 11.6. The molecular weight excluding hydrogens is 551 g/mol. The van der Waals surface area contributed by atoms with Crippen molar-refractivity contribution in [1.82, 2.24) is 5.32 Å². The quantitative estimate of drug-likeness (QED) is 0.185. The molecule has 0 atom stereocenters. The molecule has 4 amide bonds. The van der Waals surface area contributed by atoms with E-state index in [2.05, 4.69) is 5.32 Å². The minimum Gasteiger partial charge on any atom is -0.489 e. The van der Waals surface area contributed by atoms with Crippen molar-refractivity contribution >= 4 is 52.8 Å². The van der Waals surface area contributed by atoms with Crippen molar-refractivity contribution in [3.05, 3.63) is 129 Å². The molecule has 0 spiro atoms. The number of rotatable bonds is 8. The normalized spacial score (nSPS) is 14.3. The Bertz CT molecular complexity index is 1600. The van der Waals surface area contributed by atoms with Crippen molar-refractivity contribution in [2.24, 2.45) is 0 Å². The van der Waals surface area contributed by atoms with E-state index in [1.165, 1.54) is 6.08 Å². The van der Waals surface area contributed by atoms with Gasteiger partial charge in [0.05, 0.1) is 5.69 Å². The van der Waals surface area contributed by atoms with Crippen LogP contribution in [0.25, 0.3) is 6.08 Å². The van der Waals surface area contributed by atoms with Gasteiger partial charge in [-0.2, -0.15) is 0 Å². The number of carbonyl (C=O) groups excluding carboxylic acids is 3. The number of halogens is 2. The lowest BCUT2D eigenvalue weighted by Gasteiger charge is -2.26. The van der Waals surface area contributed by atoms with Crippen LogP contribution in [0.15, 0.2) is 103 Å². The van der Waals surface area contributed by atoms with Gasteiger partial charge in [-0.3, -0.25) is 14.9 Å². The summed E-state index contributed by atoms with van der Waals surface area (Å²) in [5, 5.41) is 3.48. The zero-order valence-electron chi connectivity index (χ0n) is 21.0. The molecule has 5 rings (SSSR count). The Morgan fingerprint density at radius 3 is 2.15 bits per heavy atom. The minimum atomic E-state index is -0.833. The molecule has 0 unspecified atom stereocenters. The lowest BCUT2D eigenvalue weighted by molar-refractivity contribution is -0.122. The van der Waals surface area contributed by atoms with Gasteiger partial charge in [0.25, 0.3) is 11.8 Å². The van der Waals surface area contributed by atoms with E-state index < -0.39 is 17.8 Å². The van der Waals surface area contributed by atoms with Gasteiger partial charge in [0.15, 0.2) is 0 Å². The third-order valence-corrected chi connectivity index (χ3v) is 6.47. The van der Waals surface area contributed by atoms with Gasteiger partial charge in [0.1, 0.15) is 30.3 Å². The van der Waals surface area contributed by atoms with Crippen LogP contribution in [-0.2, 0) is 22.8 Å². The molecule has 9 heteroatoms. The van der Waals surface area contributed by atoms with Crippen molar-refractivity contribution in [3.8, 4) is 11.5 Å². The number of barbiturate groups is 1. The molecule has 0 saturated carbocycles. The first kappa shape index (κ1) is 27.0. The summed E-state index contributed by atoms with van der Waals surface area (Å²) in [5.74, 6) is -0.432. The van der Waals surface area contributed by atoms with Crippen LogP contribution in [0.5, 0.6) is 11.5 Å². The number of imide groups is 2. The van der Waals surface area contributed by atoms with Crippen LogP contribution in [-0.4, -0.2) is 17.8 Å². The maximum absolute atomic E-state index is 13.3. The van der Waals surface area contributed by atoms with Crippen LogP contribution in [0.3, 0.4) is 0 Å². The fourth-order valence-corrected chi connectivity index (χ4v) is 4.32. The molecule has 1 aliphatic heterocycles. The Morgan fingerprint density at radius 1 is 0.700 bits per heavy atom. The molecule has 1 fully saturated rings. The highest BCUT2D eigenvalue weighted by Crippen LogP contribution is 2.26. The van der Waals surface area contributed by atoms with Crippen LogP contribution >= 0.6 is 23.2 Å². The highest BCUT2D eigenvalue weighted by molar-refractivity contribution is 6.39. The third-order valence-electron chi connectivity index (χ3n) is 5.98. The number of nitrogens with zero attached hydrogens (tertiary/aromatic N) is 1. The largest absolute Gasteiger partial charge is 0.489 e. The van der Waals surface area contributed by atoms with E-state index in [9.17, 15) is 14.4 Å². The number of carbonyl (C=O) groups is 3. The van der Waals surface area contributed by atoms with Crippen LogP contribution in [0.2, 0.25) is 10.0 Å².